The number of phenols is 1. The van der Waals surface area contributed by atoms with E-state index in [0.29, 0.717) is 0 Å². The monoisotopic (exact) mass is 290 g/mol. The molecule has 8 nitrogen and oxygen atoms in total. The molecule has 0 atom stereocenters. The summed E-state index contributed by atoms with van der Waals surface area (Å²) in [7, 11) is 0. The maximum atomic E-state index is 11.9. The quantitative estimate of drug-likeness (QED) is 0.528. The summed E-state index contributed by atoms with van der Waals surface area (Å²) in [6.07, 6.45) is 0. The molecule has 0 saturated heterocycles. The third-order valence-electron chi connectivity index (χ3n) is 2.58. The summed E-state index contributed by atoms with van der Waals surface area (Å²) in [6.45, 7) is 0. The standard InChI is InChI=1S/C13H10N2O6/c16-9-2-1-7(5-8(9)13(20)21)14-12(19)6-3-10(17)15-11(18)4-6/h1-5,16H,(H,14,19)(H,20,21)(H2,15,17,18). The van der Waals surface area contributed by atoms with Gasteiger partial charge in [0.25, 0.3) is 11.5 Å². The van der Waals surface area contributed by atoms with Crippen LogP contribution in [0.2, 0.25) is 0 Å². The number of aromatic amines is 1. The summed E-state index contributed by atoms with van der Waals surface area (Å²) in [6, 6.07) is 5.52. The maximum absolute atomic E-state index is 11.9. The van der Waals surface area contributed by atoms with Crippen LogP contribution in [0.1, 0.15) is 20.7 Å². The second-order valence-electron chi connectivity index (χ2n) is 4.11. The minimum Gasteiger partial charge on any atom is -0.507 e. The lowest BCUT2D eigenvalue weighted by molar-refractivity contribution is 0.0693. The first-order chi connectivity index (χ1) is 9.86. The van der Waals surface area contributed by atoms with Crippen LogP contribution in [0.15, 0.2) is 35.1 Å². The van der Waals surface area contributed by atoms with Gasteiger partial charge in [-0.2, -0.15) is 0 Å². The van der Waals surface area contributed by atoms with E-state index < -0.39 is 29.1 Å². The van der Waals surface area contributed by atoms with Crippen LogP contribution >= 0.6 is 0 Å². The van der Waals surface area contributed by atoms with Crippen molar-refractivity contribution in [3.8, 4) is 11.6 Å². The molecular weight excluding hydrogens is 280 g/mol. The number of hydrogen-bond acceptors (Lipinski definition) is 5. The van der Waals surface area contributed by atoms with E-state index in [1.807, 2.05) is 0 Å². The van der Waals surface area contributed by atoms with Crippen LogP contribution in [0.5, 0.6) is 11.6 Å². The number of hydrogen-bond donors (Lipinski definition) is 5. The van der Waals surface area contributed by atoms with Crippen molar-refractivity contribution in [1.82, 2.24) is 4.98 Å². The minimum atomic E-state index is -1.35. The first-order valence-corrected chi connectivity index (χ1v) is 5.68. The van der Waals surface area contributed by atoms with E-state index in [-0.39, 0.29) is 16.8 Å². The normalized spacial score (nSPS) is 10.1. The molecule has 0 aliphatic rings. The molecule has 0 radical (unpaired) electrons. The van der Waals surface area contributed by atoms with Gasteiger partial charge in [-0.3, -0.25) is 14.6 Å². The van der Waals surface area contributed by atoms with Crippen molar-refractivity contribution >= 4 is 17.6 Å². The summed E-state index contributed by atoms with van der Waals surface area (Å²) in [5.41, 5.74) is -1.00. The fourth-order valence-corrected chi connectivity index (χ4v) is 1.65. The predicted molar refractivity (Wildman–Crippen MR) is 71.7 cm³/mol. The van der Waals surface area contributed by atoms with Crippen LogP contribution in [0.3, 0.4) is 0 Å². The average Bonchev–Trinajstić information content (AvgIpc) is 2.39. The van der Waals surface area contributed by atoms with E-state index in [4.69, 9.17) is 5.11 Å². The summed E-state index contributed by atoms with van der Waals surface area (Å²) >= 11 is 0. The van der Waals surface area contributed by atoms with Gasteiger partial charge in [0, 0.05) is 17.8 Å². The Morgan fingerprint density at radius 3 is 2.43 bits per heavy atom. The fraction of sp³-hybridized carbons (Fsp3) is 0. The third kappa shape index (κ3) is 3.18. The molecule has 0 spiro atoms. The van der Waals surface area contributed by atoms with Crippen molar-refractivity contribution in [2.24, 2.45) is 0 Å². The number of carboxylic acid groups (broad SMARTS) is 1. The molecule has 8 heteroatoms. The van der Waals surface area contributed by atoms with Gasteiger partial charge in [0.15, 0.2) is 5.88 Å². The van der Waals surface area contributed by atoms with Crippen molar-refractivity contribution in [3.63, 3.8) is 0 Å². The Morgan fingerprint density at radius 1 is 1.10 bits per heavy atom. The van der Waals surface area contributed by atoms with Crippen LogP contribution in [-0.4, -0.2) is 32.2 Å². The Labute approximate surface area is 117 Å². The van der Waals surface area contributed by atoms with Gasteiger partial charge >= 0.3 is 5.97 Å². The summed E-state index contributed by atoms with van der Waals surface area (Å²) < 4.78 is 0. The number of amides is 1. The highest BCUT2D eigenvalue weighted by Gasteiger charge is 2.13. The second kappa shape index (κ2) is 5.37. The smallest absolute Gasteiger partial charge is 0.339 e. The molecule has 108 valence electrons. The van der Waals surface area contributed by atoms with Crippen molar-refractivity contribution < 1.29 is 24.9 Å². The molecule has 0 unspecified atom stereocenters. The van der Waals surface area contributed by atoms with Gasteiger partial charge in [-0.25, -0.2) is 4.79 Å². The molecule has 0 bridgehead atoms. The van der Waals surface area contributed by atoms with Gasteiger partial charge < -0.3 is 20.6 Å². The van der Waals surface area contributed by atoms with Gasteiger partial charge in [0.2, 0.25) is 0 Å². The number of carboxylic acids is 1. The molecule has 0 fully saturated rings. The van der Waals surface area contributed by atoms with Gasteiger partial charge in [-0.05, 0) is 18.2 Å². The molecule has 21 heavy (non-hydrogen) atoms. The molecule has 2 rings (SSSR count). The molecule has 0 aliphatic heterocycles. The van der Waals surface area contributed by atoms with E-state index in [1.54, 1.807) is 0 Å². The van der Waals surface area contributed by atoms with Gasteiger partial charge in [0.05, 0.1) is 5.56 Å². The Balaban J connectivity index is 2.29. The predicted octanol–water partition coefficient (Wildman–Crippen LogP) is 0.737. The lowest BCUT2D eigenvalue weighted by Crippen LogP contribution is -2.16. The number of benzene rings is 1. The summed E-state index contributed by atoms with van der Waals surface area (Å²) in [4.78, 5) is 36.0. The van der Waals surface area contributed by atoms with E-state index >= 15 is 0 Å². The molecule has 0 saturated carbocycles. The summed E-state index contributed by atoms with van der Waals surface area (Å²) in [5.74, 6) is -2.96. The number of nitrogens with one attached hydrogen (secondary N) is 2. The number of carbonyl (C=O) groups is 2. The molecule has 5 N–H and O–H groups in total. The fourth-order valence-electron chi connectivity index (χ4n) is 1.65. The number of anilines is 1. The zero-order valence-electron chi connectivity index (χ0n) is 10.5. The van der Waals surface area contributed by atoms with E-state index in [9.17, 15) is 24.6 Å². The number of aromatic carboxylic acids is 1. The maximum Gasteiger partial charge on any atom is 0.339 e. The zero-order chi connectivity index (χ0) is 15.6. The summed E-state index contributed by atoms with van der Waals surface area (Å²) in [5, 5.41) is 29.8. The van der Waals surface area contributed by atoms with Crippen LogP contribution < -0.4 is 10.9 Å². The third-order valence-corrected chi connectivity index (χ3v) is 2.58. The van der Waals surface area contributed by atoms with Crippen LogP contribution in [0, 0.1) is 0 Å². The number of carbonyl (C=O) groups excluding carboxylic acids is 1. The van der Waals surface area contributed by atoms with Crippen molar-refractivity contribution in [2.75, 3.05) is 5.32 Å². The Kier molecular flexibility index (Phi) is 3.61. The molecule has 1 aromatic carbocycles. The molecule has 1 heterocycles. The second-order valence-corrected chi connectivity index (χ2v) is 4.11. The first-order valence-electron chi connectivity index (χ1n) is 5.68. The molecule has 2 aromatic rings. The van der Waals surface area contributed by atoms with Gasteiger partial charge in [-0.15, -0.1) is 0 Å². The SMILES string of the molecule is O=C(Nc1ccc(O)c(C(=O)O)c1)c1cc(O)[nH]c(=O)c1. The number of H-pyrrole nitrogens is 1. The zero-order valence-corrected chi connectivity index (χ0v) is 10.5. The topological polar surface area (TPSA) is 140 Å². The lowest BCUT2D eigenvalue weighted by atomic mass is 10.1. The van der Waals surface area contributed by atoms with Crippen molar-refractivity contribution in [1.29, 1.82) is 0 Å². The number of aromatic nitrogens is 1. The van der Waals surface area contributed by atoms with Crippen molar-refractivity contribution in [3.05, 3.63) is 51.8 Å². The highest BCUT2D eigenvalue weighted by Crippen LogP contribution is 2.22. The molecule has 1 aromatic heterocycles. The van der Waals surface area contributed by atoms with Crippen LogP contribution in [-0.2, 0) is 0 Å². The Morgan fingerprint density at radius 2 is 1.81 bits per heavy atom. The van der Waals surface area contributed by atoms with Crippen molar-refractivity contribution in [2.45, 2.75) is 0 Å². The van der Waals surface area contributed by atoms with Gasteiger partial charge in [0.1, 0.15) is 11.3 Å². The van der Waals surface area contributed by atoms with Crippen LogP contribution in [0.4, 0.5) is 5.69 Å². The van der Waals surface area contributed by atoms with E-state index in [0.717, 1.165) is 24.3 Å². The van der Waals surface area contributed by atoms with Gasteiger partial charge in [-0.1, -0.05) is 0 Å². The van der Waals surface area contributed by atoms with E-state index in [1.165, 1.54) is 6.07 Å². The number of aromatic hydroxyl groups is 2. The average molecular weight is 290 g/mol. The van der Waals surface area contributed by atoms with Crippen LogP contribution in [0.25, 0.3) is 0 Å². The Bertz CT molecular complexity index is 780. The lowest BCUT2D eigenvalue weighted by Gasteiger charge is -2.07. The number of rotatable bonds is 3. The highest BCUT2D eigenvalue weighted by molar-refractivity contribution is 6.05. The Hall–Kier alpha value is -3.29. The minimum absolute atomic E-state index is 0.0961. The molecule has 1 amide bonds. The molecular formula is C13H10N2O6. The highest BCUT2D eigenvalue weighted by atomic mass is 16.4. The number of pyridine rings is 1. The van der Waals surface area contributed by atoms with E-state index in [2.05, 4.69) is 10.3 Å². The first kappa shape index (κ1) is 14.1. The molecule has 0 aliphatic carbocycles. The largest absolute Gasteiger partial charge is 0.507 e.